The number of carbonyl (C=O) groups is 2. The SMILES string of the molecule is CCc1ccccc1N(CC(=O)N(Cc1ccccc1C)[C@@H](C)C(=O)NC(C)C)S(=O)(=O)c1ccc(C)cc1. The van der Waals surface area contributed by atoms with Crippen molar-refractivity contribution in [3.8, 4) is 0 Å². The van der Waals surface area contributed by atoms with Crippen molar-refractivity contribution in [3.05, 3.63) is 95.1 Å². The molecule has 39 heavy (non-hydrogen) atoms. The second-order valence-corrected chi connectivity index (χ2v) is 12.0. The number of sulfonamides is 1. The summed E-state index contributed by atoms with van der Waals surface area (Å²) in [6, 6.07) is 20.5. The molecule has 1 N–H and O–H groups in total. The van der Waals surface area contributed by atoms with E-state index in [0.29, 0.717) is 12.1 Å². The van der Waals surface area contributed by atoms with E-state index in [4.69, 9.17) is 0 Å². The van der Waals surface area contributed by atoms with Crippen LogP contribution >= 0.6 is 0 Å². The Labute approximate surface area is 232 Å². The lowest BCUT2D eigenvalue weighted by Gasteiger charge is -2.33. The van der Waals surface area contributed by atoms with Gasteiger partial charge in [0, 0.05) is 12.6 Å². The molecule has 0 aliphatic heterocycles. The molecular formula is C31H39N3O4S. The molecule has 0 bridgehead atoms. The van der Waals surface area contributed by atoms with Crippen molar-refractivity contribution in [2.24, 2.45) is 0 Å². The van der Waals surface area contributed by atoms with Crippen LogP contribution in [0.1, 0.15) is 49.9 Å². The number of nitrogens with zero attached hydrogens (tertiary/aromatic N) is 2. The van der Waals surface area contributed by atoms with E-state index in [1.165, 1.54) is 9.21 Å². The van der Waals surface area contributed by atoms with Crippen LogP contribution in [0.4, 0.5) is 5.69 Å². The topological polar surface area (TPSA) is 86.8 Å². The Balaban J connectivity index is 2.08. The van der Waals surface area contributed by atoms with Crippen molar-refractivity contribution in [1.29, 1.82) is 0 Å². The van der Waals surface area contributed by atoms with Crippen molar-refractivity contribution >= 4 is 27.5 Å². The molecule has 2 amide bonds. The molecule has 8 heteroatoms. The number of anilines is 1. The molecule has 0 fully saturated rings. The van der Waals surface area contributed by atoms with Crippen LogP contribution in [-0.4, -0.2) is 43.8 Å². The van der Waals surface area contributed by atoms with Gasteiger partial charge in [-0.2, -0.15) is 0 Å². The van der Waals surface area contributed by atoms with Gasteiger partial charge in [0.15, 0.2) is 0 Å². The van der Waals surface area contributed by atoms with Crippen molar-refractivity contribution in [3.63, 3.8) is 0 Å². The maximum atomic E-state index is 14.0. The van der Waals surface area contributed by atoms with E-state index in [-0.39, 0.29) is 23.4 Å². The average Bonchev–Trinajstić information content (AvgIpc) is 2.90. The minimum atomic E-state index is -4.09. The number of benzene rings is 3. The highest BCUT2D eigenvalue weighted by Gasteiger charge is 2.33. The molecule has 3 aromatic carbocycles. The highest BCUT2D eigenvalue weighted by molar-refractivity contribution is 7.92. The van der Waals surface area contributed by atoms with Crippen LogP contribution in [0, 0.1) is 13.8 Å². The smallest absolute Gasteiger partial charge is 0.264 e. The van der Waals surface area contributed by atoms with Gasteiger partial charge in [-0.15, -0.1) is 0 Å². The third-order valence-electron chi connectivity index (χ3n) is 6.73. The van der Waals surface area contributed by atoms with Gasteiger partial charge in [-0.25, -0.2) is 8.42 Å². The van der Waals surface area contributed by atoms with E-state index in [1.54, 1.807) is 43.3 Å². The molecule has 0 radical (unpaired) electrons. The zero-order valence-corrected chi connectivity index (χ0v) is 24.5. The van der Waals surface area contributed by atoms with Crippen molar-refractivity contribution in [1.82, 2.24) is 10.2 Å². The number of hydrogen-bond donors (Lipinski definition) is 1. The molecule has 0 aliphatic rings. The largest absolute Gasteiger partial charge is 0.352 e. The number of hydrogen-bond acceptors (Lipinski definition) is 4. The first-order valence-corrected chi connectivity index (χ1v) is 14.7. The molecule has 0 aliphatic carbocycles. The summed E-state index contributed by atoms with van der Waals surface area (Å²) < 4.78 is 29.2. The molecule has 0 spiro atoms. The zero-order chi connectivity index (χ0) is 28.7. The summed E-state index contributed by atoms with van der Waals surface area (Å²) in [5.41, 5.74) is 4.05. The molecular weight excluding hydrogens is 510 g/mol. The summed E-state index contributed by atoms with van der Waals surface area (Å²) in [6.45, 7) is 10.9. The van der Waals surface area contributed by atoms with E-state index >= 15 is 0 Å². The number of rotatable bonds is 11. The molecule has 3 rings (SSSR count). The Kier molecular flexibility index (Phi) is 9.92. The van der Waals surface area contributed by atoms with Crippen molar-refractivity contribution in [2.75, 3.05) is 10.8 Å². The van der Waals surface area contributed by atoms with Crippen LogP contribution in [0.3, 0.4) is 0 Å². The van der Waals surface area contributed by atoms with E-state index < -0.39 is 28.5 Å². The third kappa shape index (κ3) is 7.26. The first kappa shape index (κ1) is 29.9. The van der Waals surface area contributed by atoms with Gasteiger partial charge in [0.05, 0.1) is 10.6 Å². The van der Waals surface area contributed by atoms with E-state index in [9.17, 15) is 18.0 Å². The molecule has 0 heterocycles. The Hall–Kier alpha value is -3.65. The fraction of sp³-hybridized carbons (Fsp3) is 0.355. The van der Waals surface area contributed by atoms with Crippen LogP contribution in [0.25, 0.3) is 0 Å². The summed E-state index contributed by atoms with van der Waals surface area (Å²) in [6.07, 6.45) is 0.588. The molecule has 3 aromatic rings. The van der Waals surface area contributed by atoms with Gasteiger partial charge in [-0.3, -0.25) is 13.9 Å². The first-order chi connectivity index (χ1) is 18.4. The van der Waals surface area contributed by atoms with Crippen LogP contribution in [-0.2, 0) is 32.6 Å². The van der Waals surface area contributed by atoms with Gasteiger partial charge in [0.25, 0.3) is 10.0 Å². The second kappa shape index (κ2) is 12.9. The van der Waals surface area contributed by atoms with Gasteiger partial charge in [-0.1, -0.05) is 67.1 Å². The highest BCUT2D eigenvalue weighted by atomic mass is 32.2. The maximum Gasteiger partial charge on any atom is 0.264 e. The molecule has 0 saturated heterocycles. The zero-order valence-electron chi connectivity index (χ0n) is 23.6. The Morgan fingerprint density at radius 3 is 2.03 bits per heavy atom. The summed E-state index contributed by atoms with van der Waals surface area (Å²) >= 11 is 0. The van der Waals surface area contributed by atoms with Gasteiger partial charge in [-0.05, 0) is 75.9 Å². The molecule has 0 aromatic heterocycles. The minimum absolute atomic E-state index is 0.0999. The lowest BCUT2D eigenvalue weighted by atomic mass is 10.1. The van der Waals surface area contributed by atoms with Gasteiger partial charge in [0.2, 0.25) is 11.8 Å². The lowest BCUT2D eigenvalue weighted by molar-refractivity contribution is -0.139. The molecule has 0 unspecified atom stereocenters. The lowest BCUT2D eigenvalue weighted by Crippen LogP contribution is -2.52. The van der Waals surface area contributed by atoms with Crippen molar-refractivity contribution in [2.45, 2.75) is 71.5 Å². The van der Waals surface area contributed by atoms with Crippen LogP contribution in [0.2, 0.25) is 0 Å². The van der Waals surface area contributed by atoms with Gasteiger partial charge < -0.3 is 10.2 Å². The normalized spacial score (nSPS) is 12.2. The quantitative estimate of drug-likeness (QED) is 0.365. The number of para-hydroxylation sites is 1. The molecule has 1 atom stereocenters. The Bertz CT molecular complexity index is 1400. The summed E-state index contributed by atoms with van der Waals surface area (Å²) in [5.74, 6) is -0.764. The summed E-state index contributed by atoms with van der Waals surface area (Å²) in [7, 11) is -4.09. The fourth-order valence-electron chi connectivity index (χ4n) is 4.36. The fourth-order valence-corrected chi connectivity index (χ4v) is 5.81. The predicted molar refractivity (Wildman–Crippen MR) is 156 cm³/mol. The number of nitrogens with one attached hydrogen (secondary N) is 1. The second-order valence-electron chi connectivity index (χ2n) is 10.1. The molecule has 208 valence electrons. The van der Waals surface area contributed by atoms with Crippen LogP contribution in [0.15, 0.2) is 77.7 Å². The first-order valence-electron chi connectivity index (χ1n) is 13.3. The van der Waals surface area contributed by atoms with E-state index in [0.717, 1.165) is 22.3 Å². The standard InChI is InChI=1S/C31H39N3O4S/c1-7-26-13-10-11-15-29(26)34(39(37,38)28-18-16-23(4)17-19-28)21-30(35)33(25(6)31(36)32-22(2)3)20-27-14-9-8-12-24(27)5/h8-19,22,25H,7,20-21H2,1-6H3,(H,32,36)/t25-/m0/s1. The van der Waals surface area contributed by atoms with Gasteiger partial charge >= 0.3 is 0 Å². The number of carbonyl (C=O) groups excluding carboxylic acids is 2. The maximum absolute atomic E-state index is 14.0. The summed E-state index contributed by atoms with van der Waals surface area (Å²) in [5, 5.41) is 2.88. The van der Waals surface area contributed by atoms with E-state index in [2.05, 4.69) is 5.32 Å². The number of aryl methyl sites for hydroxylation is 3. The predicted octanol–water partition coefficient (Wildman–Crippen LogP) is 5.00. The van der Waals surface area contributed by atoms with Gasteiger partial charge in [0.1, 0.15) is 12.6 Å². The molecule has 0 saturated carbocycles. The molecule has 7 nitrogen and oxygen atoms in total. The Morgan fingerprint density at radius 1 is 0.846 bits per heavy atom. The number of amides is 2. The van der Waals surface area contributed by atoms with E-state index in [1.807, 2.05) is 71.0 Å². The minimum Gasteiger partial charge on any atom is -0.352 e. The van der Waals surface area contributed by atoms with Crippen LogP contribution in [0.5, 0.6) is 0 Å². The summed E-state index contributed by atoms with van der Waals surface area (Å²) in [4.78, 5) is 28.7. The average molecular weight is 550 g/mol. The third-order valence-corrected chi connectivity index (χ3v) is 8.50. The van der Waals surface area contributed by atoms with Crippen LogP contribution < -0.4 is 9.62 Å². The highest BCUT2D eigenvalue weighted by Crippen LogP contribution is 2.28. The monoisotopic (exact) mass is 549 g/mol. The van der Waals surface area contributed by atoms with Crippen molar-refractivity contribution < 1.29 is 18.0 Å². The Morgan fingerprint density at radius 2 is 1.44 bits per heavy atom.